The molecule has 4 heterocycles. The molecule has 1 aromatic heterocycles. The fourth-order valence-electron chi connectivity index (χ4n) is 2.86. The van der Waals surface area contributed by atoms with E-state index in [1.807, 2.05) is 0 Å². The Morgan fingerprint density at radius 1 is 1.27 bits per heavy atom. The number of rotatable bonds is 2. The van der Waals surface area contributed by atoms with Crippen molar-refractivity contribution in [2.45, 2.75) is 19.3 Å². The SMILES string of the molecule is N=C1/C(=C\c2ccc([N+](=O)[O-])o2)C(=O)N=C2SC(N3CCCCC3)=NN12. The zero-order valence-electron chi connectivity index (χ0n) is 13.5. The Bertz CT molecular complexity index is 896. The number of nitrogens with zero attached hydrogens (tertiary/aromatic N) is 5. The zero-order chi connectivity index (χ0) is 18.3. The van der Waals surface area contributed by atoms with Gasteiger partial charge in [-0.05, 0) is 43.2 Å². The molecule has 11 heteroatoms. The Hall–Kier alpha value is -2.95. The van der Waals surface area contributed by atoms with E-state index < -0.39 is 16.7 Å². The van der Waals surface area contributed by atoms with Gasteiger partial charge in [-0.15, -0.1) is 5.10 Å². The highest BCUT2D eigenvalue weighted by molar-refractivity contribution is 8.26. The summed E-state index contributed by atoms with van der Waals surface area (Å²) in [4.78, 5) is 28.5. The fourth-order valence-corrected chi connectivity index (χ4v) is 3.80. The van der Waals surface area contributed by atoms with Crippen LogP contribution in [0.2, 0.25) is 0 Å². The van der Waals surface area contributed by atoms with Gasteiger partial charge in [0, 0.05) is 13.1 Å². The van der Waals surface area contributed by atoms with Crippen LogP contribution < -0.4 is 0 Å². The molecule has 1 N–H and O–H groups in total. The summed E-state index contributed by atoms with van der Waals surface area (Å²) in [6, 6.07) is 2.56. The number of carbonyl (C=O) groups excluding carboxylic acids is 1. The average molecular weight is 374 g/mol. The van der Waals surface area contributed by atoms with Crippen molar-refractivity contribution in [2.24, 2.45) is 10.1 Å². The largest absolute Gasteiger partial charge is 0.433 e. The summed E-state index contributed by atoms with van der Waals surface area (Å²) in [5, 5.41) is 25.8. The average Bonchev–Trinajstić information content (AvgIpc) is 3.26. The van der Waals surface area contributed by atoms with E-state index in [4.69, 9.17) is 9.83 Å². The lowest BCUT2D eigenvalue weighted by molar-refractivity contribution is -0.402. The standard InChI is InChI=1S/C15H14N6O4S/c16-12-10(8-9-4-5-11(25-9)21(23)24)13(22)17-14-20(12)18-15(26-14)19-6-2-1-3-7-19/h4-5,8,16H,1-3,6-7H2/b10-8+,16-12?. The van der Waals surface area contributed by atoms with Gasteiger partial charge >= 0.3 is 5.88 Å². The maximum atomic E-state index is 12.3. The molecule has 0 radical (unpaired) electrons. The summed E-state index contributed by atoms with van der Waals surface area (Å²) in [6.45, 7) is 1.79. The third kappa shape index (κ3) is 2.90. The first-order valence-electron chi connectivity index (χ1n) is 8.02. The first kappa shape index (κ1) is 16.5. The number of furan rings is 1. The van der Waals surface area contributed by atoms with E-state index in [1.165, 1.54) is 41.4 Å². The molecule has 0 aromatic carbocycles. The van der Waals surface area contributed by atoms with E-state index >= 15 is 0 Å². The normalized spacial score (nSPS) is 21.8. The van der Waals surface area contributed by atoms with Crippen molar-refractivity contribution in [1.29, 1.82) is 5.41 Å². The monoisotopic (exact) mass is 374 g/mol. The molecule has 0 bridgehead atoms. The van der Waals surface area contributed by atoms with Gasteiger partial charge in [-0.3, -0.25) is 20.3 Å². The van der Waals surface area contributed by atoms with E-state index in [0.717, 1.165) is 31.1 Å². The third-order valence-electron chi connectivity index (χ3n) is 4.15. The van der Waals surface area contributed by atoms with Crippen molar-refractivity contribution in [3.05, 3.63) is 33.6 Å². The van der Waals surface area contributed by atoms with Crippen LogP contribution in [0.1, 0.15) is 25.0 Å². The van der Waals surface area contributed by atoms with Crippen LogP contribution in [0.25, 0.3) is 6.08 Å². The maximum Gasteiger partial charge on any atom is 0.433 e. The number of aliphatic imine (C=N–C) groups is 1. The minimum atomic E-state index is -0.668. The molecule has 0 spiro atoms. The van der Waals surface area contributed by atoms with Crippen molar-refractivity contribution in [1.82, 2.24) is 9.91 Å². The highest BCUT2D eigenvalue weighted by Gasteiger charge is 2.37. The van der Waals surface area contributed by atoms with Crippen molar-refractivity contribution in [2.75, 3.05) is 13.1 Å². The molecule has 4 rings (SSSR count). The summed E-state index contributed by atoms with van der Waals surface area (Å²) in [5.74, 6) is -1.05. The van der Waals surface area contributed by atoms with Crippen LogP contribution in [0, 0.1) is 15.5 Å². The summed E-state index contributed by atoms with van der Waals surface area (Å²) >= 11 is 1.28. The lowest BCUT2D eigenvalue weighted by atomic mass is 10.1. The molecular formula is C15H14N6O4S. The Balaban J connectivity index is 1.61. The molecule has 0 aliphatic carbocycles. The Morgan fingerprint density at radius 3 is 2.73 bits per heavy atom. The summed E-state index contributed by atoms with van der Waals surface area (Å²) in [5.41, 5.74) is -0.0257. The Labute approximate surface area is 151 Å². The number of hydrogen-bond donors (Lipinski definition) is 1. The molecule has 134 valence electrons. The quantitative estimate of drug-likeness (QED) is 0.477. The highest BCUT2D eigenvalue weighted by atomic mass is 32.2. The molecule has 0 atom stereocenters. The van der Waals surface area contributed by atoms with Gasteiger partial charge in [0.2, 0.25) is 5.17 Å². The number of amides is 1. The second-order valence-electron chi connectivity index (χ2n) is 5.88. The molecule has 26 heavy (non-hydrogen) atoms. The summed E-state index contributed by atoms with van der Waals surface area (Å²) in [6.07, 6.45) is 4.64. The van der Waals surface area contributed by atoms with Gasteiger partial charge in [-0.2, -0.15) is 10.0 Å². The van der Waals surface area contributed by atoms with Crippen LogP contribution in [0.4, 0.5) is 5.88 Å². The number of likely N-dealkylation sites (tertiary alicyclic amines) is 1. The molecule has 1 saturated heterocycles. The van der Waals surface area contributed by atoms with Gasteiger partial charge in [-0.1, -0.05) is 0 Å². The number of amidine groups is 3. The van der Waals surface area contributed by atoms with E-state index in [-0.39, 0.29) is 17.2 Å². The van der Waals surface area contributed by atoms with Gasteiger partial charge in [0.15, 0.2) is 11.0 Å². The predicted octanol–water partition coefficient (Wildman–Crippen LogP) is 2.25. The van der Waals surface area contributed by atoms with Crippen LogP contribution >= 0.6 is 11.8 Å². The van der Waals surface area contributed by atoms with Crippen LogP contribution in [0.5, 0.6) is 0 Å². The molecule has 10 nitrogen and oxygen atoms in total. The number of carbonyl (C=O) groups is 1. The molecule has 3 aliphatic rings. The lowest BCUT2D eigenvalue weighted by Gasteiger charge is -2.26. The molecular weight excluding hydrogens is 360 g/mol. The van der Waals surface area contributed by atoms with Crippen molar-refractivity contribution in [3.8, 4) is 0 Å². The van der Waals surface area contributed by atoms with E-state index in [0.29, 0.717) is 5.17 Å². The number of hydrogen-bond acceptors (Lipinski definition) is 8. The van der Waals surface area contributed by atoms with Gasteiger partial charge < -0.3 is 9.32 Å². The first-order valence-corrected chi connectivity index (χ1v) is 8.84. The number of fused-ring (bicyclic) bond motifs is 1. The number of piperidine rings is 1. The highest BCUT2D eigenvalue weighted by Crippen LogP contribution is 2.31. The van der Waals surface area contributed by atoms with Gasteiger partial charge in [0.1, 0.15) is 10.7 Å². The lowest BCUT2D eigenvalue weighted by Crippen LogP contribution is -2.35. The summed E-state index contributed by atoms with van der Waals surface area (Å²) < 4.78 is 5.03. The first-order chi connectivity index (χ1) is 12.5. The number of thioether (sulfide) groups is 1. The molecule has 1 amide bonds. The van der Waals surface area contributed by atoms with E-state index in [9.17, 15) is 14.9 Å². The van der Waals surface area contributed by atoms with E-state index in [1.54, 1.807) is 0 Å². The van der Waals surface area contributed by atoms with Crippen LogP contribution in [0.15, 0.2) is 32.2 Å². The molecule has 3 aliphatic heterocycles. The number of hydrazone groups is 1. The van der Waals surface area contributed by atoms with E-state index in [2.05, 4.69) is 15.0 Å². The van der Waals surface area contributed by atoms with Crippen molar-refractivity contribution >= 4 is 45.8 Å². The molecule has 0 unspecified atom stereocenters. The smallest absolute Gasteiger partial charge is 0.401 e. The Morgan fingerprint density at radius 2 is 2.04 bits per heavy atom. The van der Waals surface area contributed by atoms with Crippen LogP contribution in [0.3, 0.4) is 0 Å². The van der Waals surface area contributed by atoms with Crippen LogP contribution in [-0.4, -0.2) is 50.0 Å². The topological polar surface area (TPSA) is 128 Å². The molecule has 1 aromatic rings. The van der Waals surface area contributed by atoms with Gasteiger partial charge in [-0.25, -0.2) is 0 Å². The van der Waals surface area contributed by atoms with Gasteiger partial charge in [0.25, 0.3) is 5.91 Å². The maximum absolute atomic E-state index is 12.3. The number of nitrogens with one attached hydrogen (secondary N) is 1. The molecule has 0 saturated carbocycles. The molecule has 1 fully saturated rings. The second-order valence-corrected chi connectivity index (χ2v) is 6.82. The van der Waals surface area contributed by atoms with Crippen molar-refractivity contribution in [3.63, 3.8) is 0 Å². The van der Waals surface area contributed by atoms with Crippen molar-refractivity contribution < 1.29 is 14.1 Å². The fraction of sp³-hybridized carbons (Fsp3) is 0.333. The second kappa shape index (κ2) is 6.41. The Kier molecular flexibility index (Phi) is 4.07. The predicted molar refractivity (Wildman–Crippen MR) is 95.8 cm³/mol. The minimum absolute atomic E-state index is 0.0257. The van der Waals surface area contributed by atoms with Gasteiger partial charge in [0.05, 0.1) is 11.6 Å². The zero-order valence-corrected chi connectivity index (χ0v) is 14.4. The number of nitro groups is 1. The minimum Gasteiger partial charge on any atom is -0.401 e. The van der Waals surface area contributed by atoms with Crippen LogP contribution in [-0.2, 0) is 4.79 Å². The summed E-state index contributed by atoms with van der Waals surface area (Å²) in [7, 11) is 0. The third-order valence-corrected chi connectivity index (χ3v) is 5.12.